The third-order valence-corrected chi connectivity index (χ3v) is 5.00. The zero-order valence-corrected chi connectivity index (χ0v) is 13.7. The van der Waals surface area contributed by atoms with Gasteiger partial charge in [-0.1, -0.05) is 70.0 Å². The minimum atomic E-state index is -0.395. The standard InChI is InChI=1S/C18H13BrClF/c1-11-6-8-15(14-5-3-2-4-13(11)14)18(19)12-7-9-17(21)16(20)10-12/h2-10,18H,1H3. The van der Waals surface area contributed by atoms with Gasteiger partial charge >= 0.3 is 0 Å². The Labute approximate surface area is 136 Å². The highest BCUT2D eigenvalue weighted by atomic mass is 79.9. The molecule has 0 aliphatic rings. The maximum atomic E-state index is 13.3. The van der Waals surface area contributed by atoms with Crippen LogP contribution < -0.4 is 0 Å². The lowest BCUT2D eigenvalue weighted by molar-refractivity contribution is 0.627. The number of alkyl halides is 1. The monoisotopic (exact) mass is 362 g/mol. The van der Waals surface area contributed by atoms with Gasteiger partial charge in [-0.05, 0) is 46.5 Å². The van der Waals surface area contributed by atoms with Crippen molar-refractivity contribution in [3.05, 3.63) is 82.1 Å². The molecule has 0 aliphatic heterocycles. The summed E-state index contributed by atoms with van der Waals surface area (Å²) >= 11 is 9.61. The molecule has 106 valence electrons. The molecule has 3 aromatic carbocycles. The molecule has 0 heterocycles. The van der Waals surface area contributed by atoms with E-state index in [-0.39, 0.29) is 9.85 Å². The van der Waals surface area contributed by atoms with Gasteiger partial charge in [-0.2, -0.15) is 0 Å². The van der Waals surface area contributed by atoms with Crippen LogP contribution in [0.25, 0.3) is 10.8 Å². The van der Waals surface area contributed by atoms with Crippen molar-refractivity contribution in [2.45, 2.75) is 11.8 Å². The van der Waals surface area contributed by atoms with Crippen LogP contribution in [0.4, 0.5) is 4.39 Å². The number of hydrogen-bond acceptors (Lipinski definition) is 0. The van der Waals surface area contributed by atoms with E-state index in [4.69, 9.17) is 11.6 Å². The van der Waals surface area contributed by atoms with Crippen molar-refractivity contribution in [3.8, 4) is 0 Å². The topological polar surface area (TPSA) is 0 Å². The van der Waals surface area contributed by atoms with Gasteiger partial charge in [-0.15, -0.1) is 0 Å². The molecule has 0 aromatic heterocycles. The first-order valence-corrected chi connectivity index (χ1v) is 7.94. The Morgan fingerprint density at radius 1 is 1.00 bits per heavy atom. The lowest BCUT2D eigenvalue weighted by atomic mass is 9.96. The number of hydrogen-bond donors (Lipinski definition) is 0. The number of fused-ring (bicyclic) bond motifs is 1. The van der Waals surface area contributed by atoms with Crippen LogP contribution in [0, 0.1) is 12.7 Å². The highest BCUT2D eigenvalue weighted by Crippen LogP contribution is 2.37. The summed E-state index contributed by atoms with van der Waals surface area (Å²) in [4.78, 5) is -0.0268. The summed E-state index contributed by atoms with van der Waals surface area (Å²) in [5.41, 5.74) is 3.33. The van der Waals surface area contributed by atoms with E-state index < -0.39 is 5.82 Å². The van der Waals surface area contributed by atoms with Crippen molar-refractivity contribution in [1.29, 1.82) is 0 Å². The van der Waals surface area contributed by atoms with Gasteiger partial charge in [0.05, 0.1) is 9.85 Å². The molecule has 3 aromatic rings. The minimum Gasteiger partial charge on any atom is -0.205 e. The molecule has 0 fully saturated rings. The van der Waals surface area contributed by atoms with Gasteiger partial charge in [0.15, 0.2) is 0 Å². The van der Waals surface area contributed by atoms with E-state index in [0.29, 0.717) is 0 Å². The van der Waals surface area contributed by atoms with Crippen molar-refractivity contribution < 1.29 is 4.39 Å². The number of halogens is 3. The molecule has 1 unspecified atom stereocenters. The van der Waals surface area contributed by atoms with Gasteiger partial charge in [0.1, 0.15) is 5.82 Å². The molecule has 3 rings (SSSR count). The fourth-order valence-corrected chi connectivity index (χ4v) is 3.42. The molecule has 0 nitrogen and oxygen atoms in total. The number of benzene rings is 3. The van der Waals surface area contributed by atoms with Crippen LogP contribution in [-0.2, 0) is 0 Å². The lowest BCUT2D eigenvalue weighted by Gasteiger charge is -2.15. The first kappa shape index (κ1) is 14.6. The third-order valence-electron chi connectivity index (χ3n) is 3.69. The van der Waals surface area contributed by atoms with E-state index in [0.717, 1.165) is 11.1 Å². The SMILES string of the molecule is Cc1ccc(C(Br)c2ccc(F)c(Cl)c2)c2ccccc12. The first-order valence-electron chi connectivity index (χ1n) is 6.65. The molecule has 0 bridgehead atoms. The van der Waals surface area contributed by atoms with Gasteiger partial charge < -0.3 is 0 Å². The normalized spacial score (nSPS) is 12.6. The van der Waals surface area contributed by atoms with Crippen molar-refractivity contribution >= 4 is 38.3 Å². The van der Waals surface area contributed by atoms with E-state index in [1.807, 2.05) is 12.1 Å². The Hall–Kier alpha value is -1.38. The summed E-state index contributed by atoms with van der Waals surface area (Å²) in [6.07, 6.45) is 0. The van der Waals surface area contributed by atoms with Crippen LogP contribution in [-0.4, -0.2) is 0 Å². The van der Waals surface area contributed by atoms with E-state index >= 15 is 0 Å². The van der Waals surface area contributed by atoms with Gasteiger partial charge in [0, 0.05) is 0 Å². The highest BCUT2D eigenvalue weighted by molar-refractivity contribution is 9.09. The van der Waals surface area contributed by atoms with Crippen LogP contribution in [0.15, 0.2) is 54.6 Å². The predicted octanol–water partition coefficient (Wildman–Crippen LogP) is 6.43. The summed E-state index contributed by atoms with van der Waals surface area (Å²) in [5.74, 6) is -0.395. The number of rotatable bonds is 2. The Bertz CT molecular complexity index is 813. The van der Waals surface area contributed by atoms with E-state index in [9.17, 15) is 4.39 Å². The molecule has 3 heteroatoms. The lowest BCUT2D eigenvalue weighted by Crippen LogP contribution is -1.96. The molecule has 0 saturated carbocycles. The zero-order valence-electron chi connectivity index (χ0n) is 11.4. The molecule has 0 radical (unpaired) electrons. The summed E-state index contributed by atoms with van der Waals surface area (Å²) < 4.78 is 13.3. The van der Waals surface area contributed by atoms with E-state index in [1.54, 1.807) is 12.1 Å². The Morgan fingerprint density at radius 2 is 1.71 bits per heavy atom. The summed E-state index contributed by atoms with van der Waals surface area (Å²) in [5, 5.41) is 2.57. The first-order chi connectivity index (χ1) is 10.1. The fraction of sp³-hybridized carbons (Fsp3) is 0.111. The maximum Gasteiger partial charge on any atom is 0.141 e. The maximum absolute atomic E-state index is 13.3. The van der Waals surface area contributed by atoms with Crippen molar-refractivity contribution in [2.24, 2.45) is 0 Å². The molecule has 0 saturated heterocycles. The van der Waals surface area contributed by atoms with Crippen LogP contribution in [0.5, 0.6) is 0 Å². The molecule has 0 N–H and O–H groups in total. The van der Waals surface area contributed by atoms with Crippen LogP contribution in [0.2, 0.25) is 5.02 Å². The molecule has 1 atom stereocenters. The predicted molar refractivity (Wildman–Crippen MR) is 90.9 cm³/mol. The summed E-state index contributed by atoms with van der Waals surface area (Å²) in [6, 6.07) is 17.3. The molecule has 0 aliphatic carbocycles. The van der Waals surface area contributed by atoms with Gasteiger partial charge in [-0.3, -0.25) is 0 Å². The molecule has 0 amide bonds. The van der Waals surface area contributed by atoms with Crippen LogP contribution in [0.3, 0.4) is 0 Å². The average molecular weight is 364 g/mol. The Morgan fingerprint density at radius 3 is 2.43 bits per heavy atom. The molecular weight excluding hydrogens is 351 g/mol. The summed E-state index contributed by atoms with van der Waals surface area (Å²) in [6.45, 7) is 2.10. The van der Waals surface area contributed by atoms with Crippen molar-refractivity contribution in [1.82, 2.24) is 0 Å². The summed E-state index contributed by atoms with van der Waals surface area (Å²) in [7, 11) is 0. The van der Waals surface area contributed by atoms with Gasteiger partial charge in [0.2, 0.25) is 0 Å². The highest BCUT2D eigenvalue weighted by Gasteiger charge is 2.15. The smallest absolute Gasteiger partial charge is 0.141 e. The minimum absolute atomic E-state index is 0.0268. The van der Waals surface area contributed by atoms with Crippen LogP contribution in [0.1, 0.15) is 21.5 Å². The van der Waals surface area contributed by atoms with Gasteiger partial charge in [0.25, 0.3) is 0 Å². The Kier molecular flexibility index (Phi) is 4.01. The average Bonchev–Trinajstić information content (AvgIpc) is 2.50. The fourth-order valence-electron chi connectivity index (χ4n) is 2.54. The number of aryl methyl sites for hydroxylation is 1. The zero-order chi connectivity index (χ0) is 15.0. The van der Waals surface area contributed by atoms with Crippen LogP contribution >= 0.6 is 27.5 Å². The third kappa shape index (κ3) is 2.70. The Balaban J connectivity index is 2.15. The molecule has 0 spiro atoms. The largest absolute Gasteiger partial charge is 0.205 e. The second-order valence-electron chi connectivity index (χ2n) is 5.05. The van der Waals surface area contributed by atoms with Gasteiger partial charge in [-0.25, -0.2) is 4.39 Å². The van der Waals surface area contributed by atoms with E-state index in [1.165, 1.54) is 22.4 Å². The second-order valence-corrected chi connectivity index (χ2v) is 6.38. The van der Waals surface area contributed by atoms with Crippen molar-refractivity contribution in [3.63, 3.8) is 0 Å². The van der Waals surface area contributed by atoms with E-state index in [2.05, 4.69) is 47.1 Å². The molecular formula is C18H13BrClF. The quantitative estimate of drug-likeness (QED) is 0.460. The van der Waals surface area contributed by atoms with Crippen molar-refractivity contribution in [2.75, 3.05) is 0 Å². The second kappa shape index (κ2) is 5.78. The molecule has 21 heavy (non-hydrogen) atoms.